The van der Waals surface area contributed by atoms with Gasteiger partial charge in [0.05, 0.1) is 15.6 Å². The maximum Gasteiger partial charge on any atom is 0.264 e. The van der Waals surface area contributed by atoms with Gasteiger partial charge >= 0.3 is 0 Å². The van der Waals surface area contributed by atoms with E-state index >= 15 is 0 Å². The smallest absolute Gasteiger partial charge is 0.264 e. The quantitative estimate of drug-likeness (QED) is 0.390. The molecule has 0 aliphatic rings. The third-order valence-corrected chi connectivity index (χ3v) is 8.00. The summed E-state index contributed by atoms with van der Waals surface area (Å²) in [6.07, 6.45) is 0.794. The van der Waals surface area contributed by atoms with Gasteiger partial charge in [-0.1, -0.05) is 67.1 Å². The molecule has 0 heterocycles. The van der Waals surface area contributed by atoms with Crippen molar-refractivity contribution in [2.24, 2.45) is 0 Å². The SMILES string of the molecule is CC[C@H](C(=O)NC)N(CCc1ccccc1)C(=O)CN(c1ccc(F)c(Cl)c1)S(=O)(=O)c1ccccc1. The summed E-state index contributed by atoms with van der Waals surface area (Å²) in [5, 5.41) is 2.30. The number of benzene rings is 3. The Morgan fingerprint density at radius 1 is 1.00 bits per heavy atom. The molecule has 0 aliphatic heterocycles. The first-order chi connectivity index (χ1) is 17.7. The molecule has 7 nitrogen and oxygen atoms in total. The fraction of sp³-hybridized carbons (Fsp3) is 0.259. The summed E-state index contributed by atoms with van der Waals surface area (Å²) in [4.78, 5) is 27.7. The Bertz CT molecular complexity index is 1320. The highest BCUT2D eigenvalue weighted by atomic mass is 35.5. The van der Waals surface area contributed by atoms with E-state index in [1.165, 1.54) is 30.1 Å². The summed E-state index contributed by atoms with van der Waals surface area (Å²) >= 11 is 5.96. The van der Waals surface area contributed by atoms with Gasteiger partial charge < -0.3 is 10.2 Å². The molecule has 10 heteroatoms. The third kappa shape index (κ3) is 6.87. The van der Waals surface area contributed by atoms with Crippen LogP contribution in [0.15, 0.2) is 83.8 Å². The van der Waals surface area contributed by atoms with Crippen molar-refractivity contribution >= 4 is 39.1 Å². The zero-order valence-electron chi connectivity index (χ0n) is 20.6. The van der Waals surface area contributed by atoms with Crippen LogP contribution in [0.25, 0.3) is 0 Å². The largest absolute Gasteiger partial charge is 0.357 e. The maximum absolute atomic E-state index is 13.9. The number of sulfonamides is 1. The number of carbonyl (C=O) groups is 2. The molecule has 0 unspecified atom stereocenters. The summed E-state index contributed by atoms with van der Waals surface area (Å²) in [6.45, 7) is 1.36. The van der Waals surface area contributed by atoms with Crippen LogP contribution in [-0.4, -0.2) is 51.3 Å². The lowest BCUT2D eigenvalue weighted by Gasteiger charge is -2.33. The number of amides is 2. The molecule has 0 saturated heterocycles. The van der Waals surface area contributed by atoms with Crippen molar-refractivity contribution < 1.29 is 22.4 Å². The van der Waals surface area contributed by atoms with Gasteiger partial charge in [-0.2, -0.15) is 0 Å². The van der Waals surface area contributed by atoms with E-state index in [1.54, 1.807) is 25.1 Å². The van der Waals surface area contributed by atoms with Crippen molar-refractivity contribution in [3.05, 3.63) is 95.3 Å². The average Bonchev–Trinajstić information content (AvgIpc) is 2.91. The van der Waals surface area contributed by atoms with Gasteiger partial charge in [-0.05, 0) is 48.7 Å². The predicted molar refractivity (Wildman–Crippen MR) is 142 cm³/mol. The van der Waals surface area contributed by atoms with Crippen molar-refractivity contribution in [3.8, 4) is 0 Å². The number of hydrogen-bond donors (Lipinski definition) is 1. The molecule has 0 aromatic heterocycles. The van der Waals surface area contributed by atoms with Gasteiger partial charge in [0.1, 0.15) is 18.4 Å². The van der Waals surface area contributed by atoms with E-state index in [1.807, 2.05) is 30.3 Å². The van der Waals surface area contributed by atoms with Crippen LogP contribution in [0, 0.1) is 5.82 Å². The van der Waals surface area contributed by atoms with Gasteiger partial charge in [-0.25, -0.2) is 12.8 Å². The molecule has 3 aromatic carbocycles. The highest BCUT2D eigenvalue weighted by molar-refractivity contribution is 7.92. The summed E-state index contributed by atoms with van der Waals surface area (Å²) in [5.74, 6) is -1.65. The predicted octanol–water partition coefficient (Wildman–Crippen LogP) is 4.27. The van der Waals surface area contributed by atoms with E-state index in [0.29, 0.717) is 12.8 Å². The molecule has 0 fully saturated rings. The maximum atomic E-state index is 13.9. The Labute approximate surface area is 221 Å². The van der Waals surface area contributed by atoms with Crippen molar-refractivity contribution in [1.29, 1.82) is 0 Å². The first-order valence-electron chi connectivity index (χ1n) is 11.8. The summed E-state index contributed by atoms with van der Waals surface area (Å²) in [5.41, 5.74) is 0.991. The molecule has 1 N–H and O–H groups in total. The van der Waals surface area contributed by atoms with E-state index in [0.717, 1.165) is 22.0 Å². The number of rotatable bonds is 11. The van der Waals surface area contributed by atoms with E-state index in [-0.39, 0.29) is 28.1 Å². The van der Waals surface area contributed by atoms with E-state index < -0.39 is 34.3 Å². The normalized spacial score (nSPS) is 12.0. The Balaban J connectivity index is 2.01. The van der Waals surface area contributed by atoms with Crippen molar-refractivity contribution in [1.82, 2.24) is 10.2 Å². The highest BCUT2D eigenvalue weighted by Crippen LogP contribution is 2.28. The Hall–Kier alpha value is -3.43. The number of carbonyl (C=O) groups excluding carboxylic acids is 2. The first kappa shape index (κ1) is 28.1. The number of halogens is 2. The van der Waals surface area contributed by atoms with Crippen LogP contribution in [0.1, 0.15) is 18.9 Å². The number of likely N-dealkylation sites (N-methyl/N-ethyl adjacent to an activating group) is 1. The lowest BCUT2D eigenvalue weighted by Crippen LogP contribution is -2.52. The van der Waals surface area contributed by atoms with Crippen LogP contribution < -0.4 is 9.62 Å². The molecule has 3 rings (SSSR count). The number of anilines is 1. The second-order valence-electron chi connectivity index (χ2n) is 8.28. The molecular weight excluding hydrogens is 517 g/mol. The van der Waals surface area contributed by atoms with Gasteiger partial charge in [0, 0.05) is 13.6 Å². The van der Waals surface area contributed by atoms with Crippen molar-refractivity contribution in [3.63, 3.8) is 0 Å². The van der Waals surface area contributed by atoms with E-state index in [9.17, 15) is 22.4 Å². The topological polar surface area (TPSA) is 86.8 Å². The van der Waals surface area contributed by atoms with Gasteiger partial charge in [0.15, 0.2) is 0 Å². The first-order valence-corrected chi connectivity index (χ1v) is 13.6. The van der Waals surface area contributed by atoms with Gasteiger partial charge in [-0.3, -0.25) is 13.9 Å². The van der Waals surface area contributed by atoms with Crippen molar-refractivity contribution in [2.45, 2.75) is 30.7 Å². The molecule has 0 radical (unpaired) electrons. The fourth-order valence-corrected chi connectivity index (χ4v) is 5.55. The van der Waals surface area contributed by atoms with Gasteiger partial charge in [0.2, 0.25) is 11.8 Å². The van der Waals surface area contributed by atoms with E-state index in [4.69, 9.17) is 11.6 Å². The summed E-state index contributed by atoms with van der Waals surface area (Å²) < 4.78 is 42.1. The number of nitrogens with one attached hydrogen (secondary N) is 1. The lowest BCUT2D eigenvalue weighted by molar-refractivity contribution is -0.139. The average molecular weight is 546 g/mol. The zero-order chi connectivity index (χ0) is 27.0. The monoisotopic (exact) mass is 545 g/mol. The zero-order valence-corrected chi connectivity index (χ0v) is 22.2. The molecule has 2 amide bonds. The Kier molecular flexibility index (Phi) is 9.66. The third-order valence-electron chi connectivity index (χ3n) is 5.92. The molecule has 0 aliphatic carbocycles. The van der Waals surface area contributed by atoms with Gasteiger partial charge in [-0.15, -0.1) is 0 Å². The van der Waals surface area contributed by atoms with E-state index in [2.05, 4.69) is 5.32 Å². The van der Waals surface area contributed by atoms with Crippen molar-refractivity contribution in [2.75, 3.05) is 24.4 Å². The second-order valence-corrected chi connectivity index (χ2v) is 10.6. The molecule has 0 bridgehead atoms. The molecule has 1 atom stereocenters. The standard InChI is InChI=1S/C27H29ClFN3O4S/c1-3-25(27(34)30-2)31(17-16-20-10-6-4-7-11-20)26(33)19-32(21-14-15-24(29)23(28)18-21)37(35,36)22-12-8-5-9-13-22/h4-15,18,25H,3,16-17,19H2,1-2H3,(H,30,34)/t25-/m1/s1. The molecular formula is C27H29ClFN3O4S. The summed E-state index contributed by atoms with van der Waals surface area (Å²) in [7, 11) is -2.75. The highest BCUT2D eigenvalue weighted by Gasteiger charge is 2.33. The van der Waals surface area contributed by atoms with Crippen LogP contribution in [0.3, 0.4) is 0 Å². The number of hydrogen-bond acceptors (Lipinski definition) is 4. The summed E-state index contributed by atoms with van der Waals surface area (Å²) in [6, 6.07) is 19.7. The molecule has 0 spiro atoms. The second kappa shape index (κ2) is 12.7. The van der Waals surface area contributed by atoms with Crippen LogP contribution in [0.5, 0.6) is 0 Å². The van der Waals surface area contributed by atoms with Crippen LogP contribution in [-0.2, 0) is 26.0 Å². The Morgan fingerprint density at radius 2 is 1.62 bits per heavy atom. The van der Waals surface area contributed by atoms with Crippen LogP contribution in [0.4, 0.5) is 10.1 Å². The minimum atomic E-state index is -4.23. The van der Waals surface area contributed by atoms with Crippen LogP contribution in [0.2, 0.25) is 5.02 Å². The van der Waals surface area contributed by atoms with Crippen LogP contribution >= 0.6 is 11.6 Å². The lowest BCUT2D eigenvalue weighted by atomic mass is 10.1. The molecule has 0 saturated carbocycles. The number of nitrogens with zero attached hydrogens (tertiary/aromatic N) is 2. The van der Waals surface area contributed by atoms with Gasteiger partial charge in [0.25, 0.3) is 10.0 Å². The minimum Gasteiger partial charge on any atom is -0.357 e. The fourth-order valence-electron chi connectivity index (χ4n) is 3.95. The molecule has 3 aromatic rings. The molecule has 37 heavy (non-hydrogen) atoms. The Morgan fingerprint density at radius 3 is 2.19 bits per heavy atom. The minimum absolute atomic E-state index is 0.0274. The molecule has 196 valence electrons.